The summed E-state index contributed by atoms with van der Waals surface area (Å²) in [5.74, 6) is -1.16. The summed E-state index contributed by atoms with van der Waals surface area (Å²) < 4.78 is 26.6. The van der Waals surface area contributed by atoms with Crippen LogP contribution in [0, 0.1) is 11.6 Å². The van der Waals surface area contributed by atoms with Gasteiger partial charge < -0.3 is 15.7 Å². The molecule has 102 valence electrons. The number of nitrogens with zero attached hydrogens (tertiary/aromatic N) is 1. The molecule has 0 aliphatic rings. The van der Waals surface area contributed by atoms with Crippen molar-refractivity contribution in [2.24, 2.45) is 0 Å². The lowest BCUT2D eigenvalue weighted by Gasteiger charge is -2.23. The van der Waals surface area contributed by atoms with Crippen LogP contribution in [0.3, 0.4) is 0 Å². The molecule has 0 fully saturated rings. The predicted molar refractivity (Wildman–Crippen MR) is 71.2 cm³/mol. The first-order chi connectivity index (χ1) is 8.39. The van der Waals surface area contributed by atoms with E-state index in [2.05, 4.69) is 15.6 Å². The second-order valence-electron chi connectivity index (χ2n) is 4.18. The molecule has 0 saturated carbocycles. The van der Waals surface area contributed by atoms with E-state index in [0.29, 0.717) is 5.75 Å². The van der Waals surface area contributed by atoms with E-state index < -0.39 is 17.2 Å². The lowest BCUT2D eigenvalue weighted by Crippen LogP contribution is -2.36. The second kappa shape index (κ2) is 6.19. The van der Waals surface area contributed by atoms with Crippen molar-refractivity contribution in [3.8, 4) is 0 Å². The number of halogens is 2. The topological polar surface area (TPSA) is 57.2 Å². The summed E-state index contributed by atoms with van der Waals surface area (Å²) in [5.41, 5.74) is -0.984. The van der Waals surface area contributed by atoms with Gasteiger partial charge in [0.25, 0.3) is 0 Å². The van der Waals surface area contributed by atoms with Gasteiger partial charge in [0, 0.05) is 25.4 Å². The number of rotatable bonds is 6. The Labute approximate surface area is 109 Å². The van der Waals surface area contributed by atoms with E-state index in [0.717, 1.165) is 6.07 Å². The molecule has 0 aliphatic heterocycles. The molecule has 1 atom stereocenters. The molecule has 4 nitrogen and oxygen atoms in total. The number of hydrogen-bond donors (Lipinski definition) is 3. The molecular weight excluding hydrogens is 260 g/mol. The maximum atomic E-state index is 13.4. The van der Waals surface area contributed by atoms with Crippen LogP contribution in [-0.2, 0) is 0 Å². The van der Waals surface area contributed by atoms with E-state index >= 15 is 0 Å². The van der Waals surface area contributed by atoms with Crippen molar-refractivity contribution in [3.63, 3.8) is 0 Å². The van der Waals surface area contributed by atoms with Crippen LogP contribution < -0.4 is 10.6 Å². The summed E-state index contributed by atoms with van der Waals surface area (Å²) in [5, 5.41) is 15.1. The fraction of sp³-hybridized carbons (Fsp3) is 0.545. The minimum atomic E-state index is -0.984. The predicted octanol–water partition coefficient (Wildman–Crippen LogP) is 1.93. The number of hydrogen-bond acceptors (Lipinski definition) is 5. The standard InChI is InChI=1S/C11H17F2N3OS/c1-11(17,6-18-3)5-15-10-8(13)4-7(12)9(14-2)16-10/h4,17H,5-6H2,1-3H3,(H2,14,15,16). The van der Waals surface area contributed by atoms with E-state index in [1.54, 1.807) is 6.92 Å². The molecule has 7 heteroatoms. The molecule has 1 aromatic heterocycles. The van der Waals surface area contributed by atoms with Crippen LogP contribution in [0.5, 0.6) is 0 Å². The maximum Gasteiger partial charge on any atom is 0.168 e. The van der Waals surface area contributed by atoms with Crippen molar-refractivity contribution in [2.75, 3.05) is 36.2 Å². The Balaban J connectivity index is 2.79. The fourth-order valence-electron chi connectivity index (χ4n) is 1.40. The molecule has 0 aromatic carbocycles. The smallest absolute Gasteiger partial charge is 0.168 e. The van der Waals surface area contributed by atoms with Gasteiger partial charge in [-0.1, -0.05) is 0 Å². The first-order valence-electron chi connectivity index (χ1n) is 5.38. The molecule has 0 saturated heterocycles. The van der Waals surface area contributed by atoms with Crippen LogP contribution in [0.25, 0.3) is 0 Å². The zero-order valence-corrected chi connectivity index (χ0v) is 11.4. The molecule has 0 spiro atoms. The molecule has 0 bridgehead atoms. The average molecular weight is 277 g/mol. The van der Waals surface area contributed by atoms with Crippen molar-refractivity contribution in [3.05, 3.63) is 17.7 Å². The molecule has 0 radical (unpaired) electrons. The highest BCUT2D eigenvalue weighted by atomic mass is 32.2. The molecule has 1 rings (SSSR count). The first kappa shape index (κ1) is 15.0. The average Bonchev–Trinajstić information content (AvgIpc) is 2.28. The SMILES string of the molecule is CNc1nc(NCC(C)(O)CSC)c(F)cc1F. The second-order valence-corrected chi connectivity index (χ2v) is 5.05. The van der Waals surface area contributed by atoms with E-state index in [-0.39, 0.29) is 18.2 Å². The van der Waals surface area contributed by atoms with E-state index in [9.17, 15) is 13.9 Å². The quantitative estimate of drug-likeness (QED) is 0.742. The first-order valence-corrected chi connectivity index (χ1v) is 6.78. The number of pyridine rings is 1. The van der Waals surface area contributed by atoms with Gasteiger partial charge in [0.1, 0.15) is 0 Å². The highest BCUT2D eigenvalue weighted by Crippen LogP contribution is 2.19. The maximum absolute atomic E-state index is 13.4. The highest BCUT2D eigenvalue weighted by Gasteiger charge is 2.20. The van der Waals surface area contributed by atoms with Gasteiger partial charge in [0.2, 0.25) is 0 Å². The summed E-state index contributed by atoms with van der Waals surface area (Å²) in [4.78, 5) is 3.76. The minimum absolute atomic E-state index is 0.0385. The Hall–Kier alpha value is -1.08. The molecule has 1 unspecified atom stereocenters. The summed E-state index contributed by atoms with van der Waals surface area (Å²) >= 11 is 1.48. The number of aromatic nitrogens is 1. The van der Waals surface area contributed by atoms with Crippen LogP contribution in [0.4, 0.5) is 20.4 Å². The van der Waals surface area contributed by atoms with Gasteiger partial charge in [-0.15, -0.1) is 0 Å². The number of thioether (sulfide) groups is 1. The summed E-state index contributed by atoms with van der Waals surface area (Å²) in [6, 6.07) is 0.754. The Morgan fingerprint density at radius 3 is 2.56 bits per heavy atom. The van der Waals surface area contributed by atoms with Gasteiger partial charge in [-0.05, 0) is 13.2 Å². The molecule has 1 aromatic rings. The lowest BCUT2D eigenvalue weighted by molar-refractivity contribution is 0.0995. The van der Waals surface area contributed by atoms with E-state index in [1.165, 1.54) is 18.8 Å². The summed E-state index contributed by atoms with van der Waals surface area (Å²) in [7, 11) is 1.50. The monoisotopic (exact) mass is 277 g/mol. The molecule has 0 amide bonds. The Kier molecular flexibility index (Phi) is 5.15. The zero-order valence-electron chi connectivity index (χ0n) is 10.6. The van der Waals surface area contributed by atoms with Gasteiger partial charge >= 0.3 is 0 Å². The third-order valence-corrected chi connectivity index (χ3v) is 3.17. The van der Waals surface area contributed by atoms with E-state index in [1.807, 2.05) is 6.26 Å². The fourth-order valence-corrected chi connectivity index (χ4v) is 2.13. The number of anilines is 2. The van der Waals surface area contributed by atoms with Crippen LogP contribution in [0.15, 0.2) is 6.07 Å². The minimum Gasteiger partial charge on any atom is -0.387 e. The van der Waals surface area contributed by atoms with Gasteiger partial charge in [-0.2, -0.15) is 11.8 Å². The Morgan fingerprint density at radius 2 is 2.00 bits per heavy atom. The van der Waals surface area contributed by atoms with Crippen LogP contribution >= 0.6 is 11.8 Å². The largest absolute Gasteiger partial charge is 0.387 e. The molecule has 18 heavy (non-hydrogen) atoms. The summed E-state index contributed by atoms with van der Waals surface area (Å²) in [6.45, 7) is 1.77. The number of aliphatic hydroxyl groups is 1. The van der Waals surface area contributed by atoms with Gasteiger partial charge in [-0.3, -0.25) is 0 Å². The van der Waals surface area contributed by atoms with Crippen molar-refractivity contribution in [2.45, 2.75) is 12.5 Å². The van der Waals surface area contributed by atoms with Gasteiger partial charge in [-0.25, -0.2) is 13.8 Å². The third kappa shape index (κ3) is 3.99. The van der Waals surface area contributed by atoms with Crippen molar-refractivity contribution in [1.29, 1.82) is 0 Å². The van der Waals surface area contributed by atoms with Crippen molar-refractivity contribution >= 4 is 23.4 Å². The van der Waals surface area contributed by atoms with Gasteiger partial charge in [0.05, 0.1) is 5.60 Å². The Morgan fingerprint density at radius 1 is 1.39 bits per heavy atom. The molecule has 1 heterocycles. The molecule has 0 aliphatic carbocycles. The molecular formula is C11H17F2N3OS. The normalized spacial score (nSPS) is 14.1. The lowest BCUT2D eigenvalue weighted by atomic mass is 10.1. The van der Waals surface area contributed by atoms with Crippen molar-refractivity contribution < 1.29 is 13.9 Å². The van der Waals surface area contributed by atoms with Crippen LogP contribution in [0.2, 0.25) is 0 Å². The third-order valence-electron chi connectivity index (χ3n) is 2.26. The zero-order chi connectivity index (χ0) is 13.8. The highest BCUT2D eigenvalue weighted by molar-refractivity contribution is 7.98. The van der Waals surface area contributed by atoms with Gasteiger partial charge in [0.15, 0.2) is 23.3 Å². The Bertz CT molecular complexity index is 416. The summed E-state index contributed by atoms with van der Waals surface area (Å²) in [6.07, 6.45) is 1.87. The van der Waals surface area contributed by atoms with Crippen molar-refractivity contribution in [1.82, 2.24) is 4.98 Å². The van der Waals surface area contributed by atoms with Crippen LogP contribution in [-0.4, -0.2) is 41.3 Å². The number of nitrogens with one attached hydrogen (secondary N) is 2. The molecule has 3 N–H and O–H groups in total. The van der Waals surface area contributed by atoms with Crippen LogP contribution in [0.1, 0.15) is 6.92 Å². The van der Waals surface area contributed by atoms with E-state index in [4.69, 9.17) is 0 Å².